The van der Waals surface area contributed by atoms with Crippen LogP contribution in [0.5, 0.6) is 5.75 Å². The van der Waals surface area contributed by atoms with Gasteiger partial charge in [-0.15, -0.1) is 0 Å². The lowest BCUT2D eigenvalue weighted by atomic mass is 10.0. The van der Waals surface area contributed by atoms with Crippen LogP contribution in [0.15, 0.2) is 60.7 Å². The molecule has 0 radical (unpaired) electrons. The van der Waals surface area contributed by atoms with E-state index in [1.54, 1.807) is 7.11 Å². The van der Waals surface area contributed by atoms with Crippen molar-refractivity contribution in [3.8, 4) is 17.6 Å². The van der Waals surface area contributed by atoms with Crippen molar-refractivity contribution >= 4 is 10.8 Å². The summed E-state index contributed by atoms with van der Waals surface area (Å²) in [6.07, 6.45) is 2.28. The third-order valence-corrected chi connectivity index (χ3v) is 4.57. The summed E-state index contributed by atoms with van der Waals surface area (Å²) in [5.41, 5.74) is 3.94. The summed E-state index contributed by atoms with van der Waals surface area (Å²) in [7, 11) is 1.69. The van der Waals surface area contributed by atoms with E-state index in [0.29, 0.717) is 5.92 Å². The molecule has 0 saturated heterocycles. The van der Waals surface area contributed by atoms with Gasteiger partial charge in [0.2, 0.25) is 0 Å². The number of methoxy groups -OCH3 is 1. The van der Waals surface area contributed by atoms with Crippen LogP contribution < -0.4 is 4.74 Å². The fourth-order valence-corrected chi connectivity index (χ4v) is 3.31. The summed E-state index contributed by atoms with van der Waals surface area (Å²) in [4.78, 5) is 0. The number of benzene rings is 3. The van der Waals surface area contributed by atoms with Crippen molar-refractivity contribution in [1.29, 1.82) is 0 Å². The second-order valence-electron chi connectivity index (χ2n) is 5.99. The molecule has 1 aliphatic rings. The monoisotopic (exact) mass is 298 g/mol. The highest BCUT2D eigenvalue weighted by Gasteiger charge is 2.19. The summed E-state index contributed by atoms with van der Waals surface area (Å²) < 4.78 is 5.27. The van der Waals surface area contributed by atoms with Crippen molar-refractivity contribution in [2.24, 2.45) is 0 Å². The standard InChI is InChI=1S/C22H18O/c1-23-21-13-12-19-14-16(7-9-20(19)15-21)6-8-18-11-10-17-4-2-3-5-22(17)18/h2-5,7,9,12-15,18H,10-11H2,1H3. The Hall–Kier alpha value is -2.72. The number of hydrogen-bond acceptors (Lipinski definition) is 1. The minimum atomic E-state index is 0.373. The number of hydrogen-bond donors (Lipinski definition) is 0. The van der Waals surface area contributed by atoms with Crippen molar-refractivity contribution in [3.63, 3.8) is 0 Å². The van der Waals surface area contributed by atoms with Crippen molar-refractivity contribution < 1.29 is 4.74 Å². The second-order valence-corrected chi connectivity index (χ2v) is 5.99. The minimum absolute atomic E-state index is 0.373. The van der Waals surface area contributed by atoms with E-state index in [-0.39, 0.29) is 0 Å². The number of fused-ring (bicyclic) bond motifs is 2. The average molecular weight is 298 g/mol. The highest BCUT2D eigenvalue weighted by Crippen LogP contribution is 2.32. The summed E-state index contributed by atoms with van der Waals surface area (Å²) >= 11 is 0. The lowest BCUT2D eigenvalue weighted by Gasteiger charge is -2.04. The molecule has 0 saturated carbocycles. The molecular weight excluding hydrogens is 280 g/mol. The van der Waals surface area contributed by atoms with Crippen LogP contribution in [0.4, 0.5) is 0 Å². The van der Waals surface area contributed by atoms with Gasteiger partial charge in [0.15, 0.2) is 0 Å². The summed E-state index contributed by atoms with van der Waals surface area (Å²) in [5.74, 6) is 8.09. The molecule has 112 valence electrons. The fourth-order valence-electron chi connectivity index (χ4n) is 3.31. The highest BCUT2D eigenvalue weighted by atomic mass is 16.5. The Morgan fingerprint density at radius 1 is 0.957 bits per heavy atom. The molecule has 1 heteroatoms. The normalized spacial score (nSPS) is 15.8. The first-order valence-corrected chi connectivity index (χ1v) is 8.00. The van der Waals surface area contributed by atoms with Gasteiger partial charge in [0.1, 0.15) is 5.75 Å². The lowest BCUT2D eigenvalue weighted by Crippen LogP contribution is -1.89. The molecule has 3 aromatic rings. The van der Waals surface area contributed by atoms with Gasteiger partial charge in [0.05, 0.1) is 7.11 Å². The van der Waals surface area contributed by atoms with Crippen LogP contribution in [0.25, 0.3) is 10.8 Å². The van der Waals surface area contributed by atoms with Crippen LogP contribution in [-0.4, -0.2) is 7.11 Å². The van der Waals surface area contributed by atoms with Gasteiger partial charge in [-0.2, -0.15) is 0 Å². The summed E-state index contributed by atoms with van der Waals surface area (Å²) in [5, 5.41) is 2.38. The van der Waals surface area contributed by atoms with Gasteiger partial charge < -0.3 is 4.74 Å². The van der Waals surface area contributed by atoms with Crippen LogP contribution in [0.1, 0.15) is 29.0 Å². The van der Waals surface area contributed by atoms with Gasteiger partial charge in [-0.25, -0.2) is 0 Å². The molecule has 0 aromatic heterocycles. The number of aryl methyl sites for hydroxylation is 1. The molecular formula is C22H18O. The van der Waals surface area contributed by atoms with Crippen LogP contribution >= 0.6 is 0 Å². The number of rotatable bonds is 1. The van der Waals surface area contributed by atoms with Gasteiger partial charge in [-0.1, -0.05) is 48.2 Å². The maximum atomic E-state index is 5.27. The molecule has 0 spiro atoms. The third-order valence-electron chi connectivity index (χ3n) is 4.57. The predicted octanol–water partition coefficient (Wildman–Crippen LogP) is 4.93. The predicted molar refractivity (Wildman–Crippen MR) is 94.9 cm³/mol. The summed E-state index contributed by atoms with van der Waals surface area (Å²) in [6.45, 7) is 0. The van der Waals surface area contributed by atoms with Crippen molar-refractivity contribution in [1.82, 2.24) is 0 Å². The zero-order chi connectivity index (χ0) is 15.6. The Morgan fingerprint density at radius 2 is 1.78 bits per heavy atom. The van der Waals surface area contributed by atoms with E-state index in [4.69, 9.17) is 4.74 Å². The smallest absolute Gasteiger partial charge is 0.119 e. The molecule has 23 heavy (non-hydrogen) atoms. The van der Waals surface area contributed by atoms with Crippen molar-refractivity contribution in [2.75, 3.05) is 7.11 Å². The Labute approximate surface area is 136 Å². The highest BCUT2D eigenvalue weighted by molar-refractivity contribution is 5.85. The van der Waals surface area contributed by atoms with Crippen molar-refractivity contribution in [3.05, 3.63) is 77.4 Å². The Balaban J connectivity index is 1.64. The van der Waals surface area contributed by atoms with Gasteiger partial charge in [-0.05, 0) is 59.0 Å². The first-order chi connectivity index (χ1) is 11.3. The molecule has 0 fully saturated rings. The maximum Gasteiger partial charge on any atom is 0.119 e. The lowest BCUT2D eigenvalue weighted by molar-refractivity contribution is 0.415. The quantitative estimate of drug-likeness (QED) is 0.579. The summed E-state index contributed by atoms with van der Waals surface area (Å²) in [6, 6.07) is 21.2. The van der Waals surface area contributed by atoms with Gasteiger partial charge in [0, 0.05) is 11.5 Å². The largest absolute Gasteiger partial charge is 0.497 e. The zero-order valence-electron chi connectivity index (χ0n) is 13.2. The Kier molecular flexibility index (Phi) is 3.52. The van der Waals surface area contributed by atoms with Crippen LogP contribution in [0.3, 0.4) is 0 Å². The molecule has 0 heterocycles. The number of ether oxygens (including phenoxy) is 1. The molecule has 1 nitrogen and oxygen atoms in total. The third kappa shape index (κ3) is 2.69. The van der Waals surface area contributed by atoms with E-state index in [2.05, 4.69) is 66.4 Å². The molecule has 1 aliphatic carbocycles. The maximum absolute atomic E-state index is 5.27. The van der Waals surface area contributed by atoms with E-state index in [9.17, 15) is 0 Å². The Morgan fingerprint density at radius 3 is 2.70 bits per heavy atom. The van der Waals surface area contributed by atoms with E-state index in [1.165, 1.54) is 21.9 Å². The Bertz CT molecular complexity index is 927. The molecule has 1 atom stereocenters. The second kappa shape index (κ2) is 5.82. The molecule has 0 bridgehead atoms. The first-order valence-electron chi connectivity index (χ1n) is 8.00. The molecule has 0 N–H and O–H groups in total. The van der Waals surface area contributed by atoms with E-state index in [0.717, 1.165) is 24.2 Å². The van der Waals surface area contributed by atoms with Crippen LogP contribution in [-0.2, 0) is 6.42 Å². The van der Waals surface area contributed by atoms with Gasteiger partial charge in [0.25, 0.3) is 0 Å². The SMILES string of the molecule is COc1ccc2cc(C#CC3CCc4ccccc43)ccc2c1. The topological polar surface area (TPSA) is 9.23 Å². The van der Waals surface area contributed by atoms with Crippen LogP contribution in [0, 0.1) is 11.8 Å². The molecule has 0 aliphatic heterocycles. The van der Waals surface area contributed by atoms with Gasteiger partial charge in [-0.3, -0.25) is 0 Å². The van der Waals surface area contributed by atoms with E-state index >= 15 is 0 Å². The molecule has 1 unspecified atom stereocenters. The van der Waals surface area contributed by atoms with Crippen LogP contribution in [0.2, 0.25) is 0 Å². The molecule has 4 rings (SSSR count). The fraction of sp³-hybridized carbons (Fsp3) is 0.182. The van der Waals surface area contributed by atoms with E-state index < -0.39 is 0 Å². The molecule has 3 aromatic carbocycles. The van der Waals surface area contributed by atoms with Crippen molar-refractivity contribution in [2.45, 2.75) is 18.8 Å². The first kappa shape index (κ1) is 13.9. The molecule has 0 amide bonds. The van der Waals surface area contributed by atoms with E-state index in [1.807, 2.05) is 6.07 Å². The average Bonchev–Trinajstić information content (AvgIpc) is 3.02. The zero-order valence-corrected chi connectivity index (χ0v) is 13.2. The van der Waals surface area contributed by atoms with Gasteiger partial charge >= 0.3 is 0 Å². The minimum Gasteiger partial charge on any atom is -0.497 e.